The van der Waals surface area contributed by atoms with Gasteiger partial charge in [0.1, 0.15) is 11.2 Å². The third-order valence-corrected chi connectivity index (χ3v) is 5.46. The lowest BCUT2D eigenvalue weighted by atomic mass is 10.1. The molecule has 2 atom stereocenters. The van der Waals surface area contributed by atoms with E-state index in [0.29, 0.717) is 18.7 Å². The number of rotatable bonds is 2. The maximum atomic E-state index is 12.7. The third kappa shape index (κ3) is 5.19. The van der Waals surface area contributed by atoms with Gasteiger partial charge in [-0.05, 0) is 73.6 Å². The number of anilines is 1. The number of carbonyl (C=O) groups is 2. The summed E-state index contributed by atoms with van der Waals surface area (Å²) in [6.07, 6.45) is 1.56. The summed E-state index contributed by atoms with van der Waals surface area (Å²) >= 11 is 0. The fourth-order valence-corrected chi connectivity index (χ4v) is 4.34. The minimum absolute atomic E-state index is 0.120. The highest BCUT2D eigenvalue weighted by Crippen LogP contribution is 2.31. The third-order valence-electron chi connectivity index (χ3n) is 5.46. The smallest absolute Gasteiger partial charge is 0.410 e. The molecule has 1 saturated heterocycles. The number of ether oxygens (including phenoxy) is 2. The van der Waals surface area contributed by atoms with Gasteiger partial charge in [-0.25, -0.2) is 9.59 Å². The van der Waals surface area contributed by atoms with E-state index in [0.717, 1.165) is 16.6 Å². The second-order valence-electron chi connectivity index (χ2n) is 10.8. The van der Waals surface area contributed by atoms with Crippen LogP contribution in [0.2, 0.25) is 0 Å². The monoisotopic (exact) mass is 443 g/mol. The van der Waals surface area contributed by atoms with Gasteiger partial charge in [0.15, 0.2) is 0 Å². The Bertz CT molecular complexity index is 1000. The maximum Gasteiger partial charge on any atom is 0.410 e. The summed E-state index contributed by atoms with van der Waals surface area (Å²) in [5, 5.41) is 0.873. The molecule has 2 unspecified atom stereocenters. The predicted octanol–water partition coefficient (Wildman–Crippen LogP) is 4.97. The average molecular weight is 444 g/mol. The quantitative estimate of drug-likeness (QED) is 0.614. The summed E-state index contributed by atoms with van der Waals surface area (Å²) in [6.45, 7) is 16.7. The molecule has 0 saturated carbocycles. The molecular weight excluding hydrogens is 406 g/mol. The van der Waals surface area contributed by atoms with Crippen LogP contribution in [0.3, 0.4) is 0 Å². The number of carbonyl (C=O) groups excluding carboxylic acids is 2. The number of aromatic nitrogens is 1. The Morgan fingerprint density at radius 3 is 2.03 bits per heavy atom. The van der Waals surface area contributed by atoms with Crippen LogP contribution in [-0.2, 0) is 16.5 Å². The van der Waals surface area contributed by atoms with Crippen LogP contribution in [0.1, 0.15) is 65.7 Å². The summed E-state index contributed by atoms with van der Waals surface area (Å²) in [4.78, 5) is 29.4. The van der Waals surface area contributed by atoms with Crippen molar-refractivity contribution in [3.8, 4) is 0 Å². The van der Waals surface area contributed by atoms with E-state index < -0.39 is 11.2 Å². The molecule has 0 aliphatic carbocycles. The van der Waals surface area contributed by atoms with Gasteiger partial charge in [-0.2, -0.15) is 0 Å². The zero-order valence-corrected chi connectivity index (χ0v) is 20.9. The largest absolute Gasteiger partial charge is 0.456 e. The average Bonchev–Trinajstić information content (AvgIpc) is 2.95. The van der Waals surface area contributed by atoms with Gasteiger partial charge >= 0.3 is 12.1 Å². The zero-order chi connectivity index (χ0) is 24.0. The molecule has 176 valence electrons. The lowest BCUT2D eigenvalue weighted by molar-refractivity contribution is 0.00707. The molecule has 1 aromatic carbocycles. The minimum Gasteiger partial charge on any atom is -0.456 e. The highest BCUT2D eigenvalue weighted by Gasteiger charge is 2.34. The molecule has 0 radical (unpaired) electrons. The fourth-order valence-electron chi connectivity index (χ4n) is 4.34. The molecule has 32 heavy (non-hydrogen) atoms. The van der Waals surface area contributed by atoms with Crippen LogP contribution in [0, 0.1) is 0 Å². The number of benzene rings is 1. The van der Waals surface area contributed by atoms with Crippen molar-refractivity contribution in [1.82, 2.24) is 9.47 Å². The van der Waals surface area contributed by atoms with Gasteiger partial charge in [-0.3, -0.25) is 0 Å². The standard InChI is InChI=1S/C25H37N3O4/c1-16-13-27(23(30)32-25(6,7)8)14-17(2)28(16)18-10-11-19-20(15-26(9)21(19)12-18)22(29)31-24(3,4)5/h10-12,15-17H,13-14H2,1-9H3. The first kappa shape index (κ1) is 24.0. The van der Waals surface area contributed by atoms with Crippen LogP contribution in [0.5, 0.6) is 0 Å². The highest BCUT2D eigenvalue weighted by molar-refractivity contribution is 6.05. The van der Waals surface area contributed by atoms with Crippen LogP contribution < -0.4 is 4.90 Å². The number of esters is 1. The number of amides is 1. The number of hydrogen-bond acceptors (Lipinski definition) is 5. The van der Waals surface area contributed by atoms with Gasteiger partial charge < -0.3 is 23.8 Å². The summed E-state index contributed by atoms with van der Waals surface area (Å²) < 4.78 is 13.1. The Kier molecular flexibility index (Phi) is 6.24. The Morgan fingerprint density at radius 2 is 1.50 bits per heavy atom. The van der Waals surface area contributed by atoms with Crippen molar-refractivity contribution >= 4 is 28.7 Å². The van der Waals surface area contributed by atoms with Crippen molar-refractivity contribution in [2.24, 2.45) is 7.05 Å². The molecule has 3 rings (SSSR count). The van der Waals surface area contributed by atoms with Crippen molar-refractivity contribution in [2.75, 3.05) is 18.0 Å². The van der Waals surface area contributed by atoms with Crippen LogP contribution in [0.25, 0.3) is 10.9 Å². The Hall–Kier alpha value is -2.70. The SMILES string of the molecule is CC1CN(C(=O)OC(C)(C)C)CC(C)N1c1ccc2c(C(=O)OC(C)(C)C)cn(C)c2c1. The minimum atomic E-state index is -0.544. The molecule has 7 nitrogen and oxygen atoms in total. The van der Waals surface area contributed by atoms with E-state index in [1.54, 1.807) is 4.90 Å². The summed E-state index contributed by atoms with van der Waals surface area (Å²) in [5.74, 6) is -0.316. The predicted molar refractivity (Wildman–Crippen MR) is 127 cm³/mol. The maximum absolute atomic E-state index is 12.7. The molecule has 0 spiro atoms. The van der Waals surface area contributed by atoms with Crippen LogP contribution in [0.4, 0.5) is 10.5 Å². The Labute approximate surface area is 191 Å². The van der Waals surface area contributed by atoms with Gasteiger partial charge in [0.2, 0.25) is 0 Å². The molecule has 1 aliphatic heterocycles. The van der Waals surface area contributed by atoms with Crippen molar-refractivity contribution in [2.45, 2.75) is 78.7 Å². The molecular formula is C25H37N3O4. The summed E-state index contributed by atoms with van der Waals surface area (Å²) in [7, 11) is 1.94. The van der Waals surface area contributed by atoms with Crippen molar-refractivity contribution in [1.29, 1.82) is 0 Å². The number of nitrogens with zero attached hydrogens (tertiary/aromatic N) is 3. The highest BCUT2D eigenvalue weighted by atomic mass is 16.6. The first-order chi connectivity index (χ1) is 14.7. The number of aryl methyl sites for hydroxylation is 1. The number of piperazine rings is 1. The number of fused-ring (bicyclic) bond motifs is 1. The van der Waals surface area contributed by atoms with E-state index in [1.165, 1.54) is 0 Å². The van der Waals surface area contributed by atoms with Gasteiger partial charge in [-0.1, -0.05) is 0 Å². The van der Waals surface area contributed by atoms with Crippen LogP contribution in [0.15, 0.2) is 24.4 Å². The second kappa shape index (κ2) is 8.34. The first-order valence-electron chi connectivity index (χ1n) is 11.2. The van der Waals surface area contributed by atoms with Gasteiger partial charge in [0, 0.05) is 49.5 Å². The fraction of sp³-hybridized carbons (Fsp3) is 0.600. The Balaban J connectivity index is 1.85. The lowest BCUT2D eigenvalue weighted by Crippen LogP contribution is -2.58. The summed E-state index contributed by atoms with van der Waals surface area (Å²) in [5.41, 5.74) is 1.55. The topological polar surface area (TPSA) is 64.0 Å². The first-order valence-corrected chi connectivity index (χ1v) is 11.2. The van der Waals surface area contributed by atoms with Crippen molar-refractivity contribution in [3.05, 3.63) is 30.0 Å². The van der Waals surface area contributed by atoms with E-state index in [9.17, 15) is 9.59 Å². The van der Waals surface area contributed by atoms with E-state index >= 15 is 0 Å². The van der Waals surface area contributed by atoms with Crippen LogP contribution >= 0.6 is 0 Å². The van der Waals surface area contributed by atoms with Gasteiger partial charge in [0.05, 0.1) is 11.1 Å². The molecule has 1 aromatic heterocycles. The van der Waals surface area contributed by atoms with E-state index in [1.807, 2.05) is 71.5 Å². The Morgan fingerprint density at radius 1 is 0.938 bits per heavy atom. The molecule has 7 heteroatoms. The molecule has 0 N–H and O–H groups in total. The van der Waals surface area contributed by atoms with E-state index in [-0.39, 0.29) is 24.1 Å². The lowest BCUT2D eigenvalue weighted by Gasteiger charge is -2.45. The zero-order valence-electron chi connectivity index (χ0n) is 20.9. The molecule has 1 amide bonds. The van der Waals surface area contributed by atoms with Crippen molar-refractivity contribution < 1.29 is 19.1 Å². The second-order valence-corrected chi connectivity index (χ2v) is 10.8. The normalized spacial score (nSPS) is 19.9. The molecule has 2 aromatic rings. The number of hydrogen-bond donors (Lipinski definition) is 0. The molecule has 1 fully saturated rings. The van der Waals surface area contributed by atoms with E-state index in [2.05, 4.69) is 24.8 Å². The van der Waals surface area contributed by atoms with Crippen molar-refractivity contribution in [3.63, 3.8) is 0 Å². The van der Waals surface area contributed by atoms with Gasteiger partial charge in [-0.15, -0.1) is 0 Å². The van der Waals surface area contributed by atoms with Gasteiger partial charge in [0.25, 0.3) is 0 Å². The summed E-state index contributed by atoms with van der Waals surface area (Å²) in [6, 6.07) is 6.39. The molecule has 1 aliphatic rings. The molecule has 0 bridgehead atoms. The van der Waals surface area contributed by atoms with E-state index in [4.69, 9.17) is 9.47 Å². The molecule has 2 heterocycles. The van der Waals surface area contributed by atoms with Crippen LogP contribution in [-0.4, -0.2) is 57.9 Å².